The standard InChI is InChI=1S/C15H13BrO5S/c16-12-4-1-10(2-5-12)8-22(20,21)9-11-3-6-13(15(18)19)14(17)7-11/h1-7,17H,8-9H2,(H,18,19). The highest BCUT2D eigenvalue weighted by molar-refractivity contribution is 9.10. The van der Waals surface area contributed by atoms with Crippen molar-refractivity contribution >= 4 is 31.7 Å². The zero-order chi connectivity index (χ0) is 16.3. The highest BCUT2D eigenvalue weighted by Gasteiger charge is 2.16. The Morgan fingerprint density at radius 2 is 1.55 bits per heavy atom. The molecule has 0 aliphatic heterocycles. The predicted molar refractivity (Wildman–Crippen MR) is 85.5 cm³/mol. The van der Waals surface area contributed by atoms with Crippen molar-refractivity contribution in [2.45, 2.75) is 11.5 Å². The molecular formula is C15H13BrO5S. The number of hydrogen-bond donors (Lipinski definition) is 2. The molecule has 22 heavy (non-hydrogen) atoms. The number of aromatic hydroxyl groups is 1. The Bertz CT molecular complexity index is 797. The maximum absolute atomic E-state index is 12.2. The van der Waals surface area contributed by atoms with Crippen LogP contribution in [0.4, 0.5) is 0 Å². The van der Waals surface area contributed by atoms with Crippen molar-refractivity contribution in [3.8, 4) is 5.75 Å². The van der Waals surface area contributed by atoms with Crippen LogP contribution < -0.4 is 0 Å². The summed E-state index contributed by atoms with van der Waals surface area (Å²) in [6.45, 7) is 0. The van der Waals surface area contributed by atoms with E-state index in [0.29, 0.717) is 11.1 Å². The third-order valence-corrected chi connectivity index (χ3v) is 5.05. The van der Waals surface area contributed by atoms with Crippen LogP contribution in [0.2, 0.25) is 0 Å². The van der Waals surface area contributed by atoms with E-state index in [2.05, 4.69) is 15.9 Å². The Morgan fingerprint density at radius 3 is 2.09 bits per heavy atom. The third-order valence-electron chi connectivity index (χ3n) is 2.98. The van der Waals surface area contributed by atoms with Crippen molar-refractivity contribution < 1.29 is 23.4 Å². The molecule has 116 valence electrons. The zero-order valence-electron chi connectivity index (χ0n) is 11.4. The maximum Gasteiger partial charge on any atom is 0.339 e. The largest absolute Gasteiger partial charge is 0.507 e. The highest BCUT2D eigenvalue weighted by atomic mass is 79.9. The van der Waals surface area contributed by atoms with Gasteiger partial charge in [-0.1, -0.05) is 34.1 Å². The smallest absolute Gasteiger partial charge is 0.339 e. The second kappa shape index (κ2) is 6.50. The molecule has 0 radical (unpaired) electrons. The van der Waals surface area contributed by atoms with Crippen LogP contribution in [0.15, 0.2) is 46.9 Å². The minimum Gasteiger partial charge on any atom is -0.507 e. The normalized spacial score (nSPS) is 11.3. The van der Waals surface area contributed by atoms with Crippen molar-refractivity contribution in [2.24, 2.45) is 0 Å². The first kappa shape index (κ1) is 16.5. The Hall–Kier alpha value is -1.86. The molecular weight excluding hydrogens is 372 g/mol. The first-order chi connectivity index (χ1) is 10.3. The van der Waals surface area contributed by atoms with Gasteiger partial charge in [0, 0.05) is 4.47 Å². The molecule has 0 aliphatic rings. The number of carboxylic acid groups (broad SMARTS) is 1. The molecule has 0 saturated heterocycles. The van der Waals surface area contributed by atoms with Crippen molar-refractivity contribution in [3.05, 3.63) is 63.6 Å². The predicted octanol–water partition coefficient (Wildman–Crippen LogP) is 2.97. The van der Waals surface area contributed by atoms with E-state index in [1.807, 2.05) is 0 Å². The van der Waals surface area contributed by atoms with Gasteiger partial charge in [0.05, 0.1) is 11.5 Å². The lowest BCUT2D eigenvalue weighted by Gasteiger charge is -2.07. The summed E-state index contributed by atoms with van der Waals surface area (Å²) in [6.07, 6.45) is 0. The second-order valence-electron chi connectivity index (χ2n) is 4.82. The average Bonchev–Trinajstić information content (AvgIpc) is 2.40. The molecule has 7 heteroatoms. The summed E-state index contributed by atoms with van der Waals surface area (Å²) in [5.74, 6) is -2.09. The van der Waals surface area contributed by atoms with E-state index in [-0.39, 0.29) is 17.1 Å². The van der Waals surface area contributed by atoms with Gasteiger partial charge in [-0.25, -0.2) is 13.2 Å². The van der Waals surface area contributed by atoms with Gasteiger partial charge in [-0.2, -0.15) is 0 Å². The fraction of sp³-hybridized carbons (Fsp3) is 0.133. The van der Waals surface area contributed by atoms with Gasteiger partial charge >= 0.3 is 5.97 Å². The number of sulfone groups is 1. The minimum atomic E-state index is -3.42. The van der Waals surface area contributed by atoms with Crippen molar-refractivity contribution in [2.75, 3.05) is 0 Å². The monoisotopic (exact) mass is 384 g/mol. The summed E-state index contributed by atoms with van der Waals surface area (Å²) in [5.41, 5.74) is 0.753. The molecule has 0 spiro atoms. The molecule has 0 aromatic heterocycles. The van der Waals surface area contributed by atoms with Crippen LogP contribution >= 0.6 is 15.9 Å². The molecule has 2 aromatic carbocycles. The lowest BCUT2D eigenvalue weighted by Crippen LogP contribution is -2.08. The van der Waals surface area contributed by atoms with Gasteiger partial charge in [-0.05, 0) is 35.4 Å². The Kier molecular flexibility index (Phi) is 4.87. The summed E-state index contributed by atoms with van der Waals surface area (Å²) >= 11 is 3.28. The SMILES string of the molecule is O=C(O)c1ccc(CS(=O)(=O)Cc2ccc(Br)cc2)cc1O. The molecule has 0 fully saturated rings. The fourth-order valence-corrected chi connectivity index (χ4v) is 3.74. The molecule has 0 amide bonds. The van der Waals surface area contributed by atoms with Crippen LogP contribution in [0.1, 0.15) is 21.5 Å². The van der Waals surface area contributed by atoms with Crippen molar-refractivity contribution in [1.29, 1.82) is 0 Å². The summed E-state index contributed by atoms with van der Waals surface area (Å²) in [4.78, 5) is 10.8. The van der Waals surface area contributed by atoms with Gasteiger partial charge in [0.25, 0.3) is 0 Å². The summed E-state index contributed by atoms with van der Waals surface area (Å²) in [6, 6.07) is 10.7. The van der Waals surface area contributed by atoms with Gasteiger partial charge < -0.3 is 10.2 Å². The molecule has 0 saturated carbocycles. The number of benzene rings is 2. The number of carboxylic acids is 1. The molecule has 0 unspecified atom stereocenters. The molecule has 2 aromatic rings. The lowest BCUT2D eigenvalue weighted by molar-refractivity contribution is 0.0693. The Labute approximate surface area is 136 Å². The van der Waals surface area contributed by atoms with E-state index in [9.17, 15) is 18.3 Å². The van der Waals surface area contributed by atoms with E-state index >= 15 is 0 Å². The Morgan fingerprint density at radius 1 is 1.00 bits per heavy atom. The topological polar surface area (TPSA) is 91.7 Å². The summed E-state index contributed by atoms with van der Waals surface area (Å²) < 4.78 is 25.2. The van der Waals surface area contributed by atoms with Gasteiger partial charge in [0.15, 0.2) is 9.84 Å². The molecule has 0 bridgehead atoms. The van der Waals surface area contributed by atoms with Crippen LogP contribution in [-0.2, 0) is 21.3 Å². The second-order valence-corrected chi connectivity index (χ2v) is 7.80. The van der Waals surface area contributed by atoms with E-state index in [0.717, 1.165) is 4.47 Å². The summed E-state index contributed by atoms with van der Waals surface area (Å²) in [5, 5.41) is 18.4. The number of rotatable bonds is 5. The quantitative estimate of drug-likeness (QED) is 0.826. The number of phenols is 1. The lowest BCUT2D eigenvalue weighted by atomic mass is 10.1. The van der Waals surface area contributed by atoms with E-state index in [1.165, 1.54) is 18.2 Å². The number of hydrogen-bond acceptors (Lipinski definition) is 4. The van der Waals surface area contributed by atoms with Gasteiger partial charge in [0.2, 0.25) is 0 Å². The van der Waals surface area contributed by atoms with Crippen LogP contribution in [0, 0.1) is 0 Å². The van der Waals surface area contributed by atoms with E-state index in [4.69, 9.17) is 5.11 Å². The molecule has 0 atom stereocenters. The molecule has 5 nitrogen and oxygen atoms in total. The maximum atomic E-state index is 12.2. The average molecular weight is 385 g/mol. The fourth-order valence-electron chi connectivity index (χ4n) is 1.99. The first-order valence-corrected chi connectivity index (χ1v) is 8.88. The zero-order valence-corrected chi connectivity index (χ0v) is 13.8. The first-order valence-electron chi connectivity index (χ1n) is 6.27. The number of carbonyl (C=O) groups is 1. The van der Waals surface area contributed by atoms with Crippen molar-refractivity contribution in [3.63, 3.8) is 0 Å². The third kappa shape index (κ3) is 4.32. The van der Waals surface area contributed by atoms with Crippen LogP contribution in [0.5, 0.6) is 5.75 Å². The van der Waals surface area contributed by atoms with Crippen molar-refractivity contribution in [1.82, 2.24) is 0 Å². The molecule has 0 heterocycles. The summed E-state index contributed by atoms with van der Waals surface area (Å²) in [7, 11) is -3.42. The van der Waals surface area contributed by atoms with Gasteiger partial charge in [0.1, 0.15) is 11.3 Å². The highest BCUT2D eigenvalue weighted by Crippen LogP contribution is 2.21. The van der Waals surface area contributed by atoms with Crippen LogP contribution in [0.25, 0.3) is 0 Å². The van der Waals surface area contributed by atoms with E-state index < -0.39 is 21.6 Å². The molecule has 2 N–H and O–H groups in total. The minimum absolute atomic E-state index is 0.123. The van der Waals surface area contributed by atoms with E-state index in [1.54, 1.807) is 24.3 Å². The van der Waals surface area contributed by atoms with Gasteiger partial charge in [-0.3, -0.25) is 0 Å². The molecule has 0 aliphatic carbocycles. The van der Waals surface area contributed by atoms with Crippen LogP contribution in [0.3, 0.4) is 0 Å². The van der Waals surface area contributed by atoms with Crippen LogP contribution in [-0.4, -0.2) is 24.6 Å². The molecule has 2 rings (SSSR count). The number of aromatic carboxylic acids is 1. The van der Waals surface area contributed by atoms with Gasteiger partial charge in [-0.15, -0.1) is 0 Å². The Balaban J connectivity index is 2.16. The number of halogens is 1.